The predicted molar refractivity (Wildman–Crippen MR) is 83.3 cm³/mol. The zero-order valence-corrected chi connectivity index (χ0v) is 13.7. The zero-order valence-electron chi connectivity index (χ0n) is 13.7. The van der Waals surface area contributed by atoms with Gasteiger partial charge in [0.05, 0.1) is 0 Å². The van der Waals surface area contributed by atoms with Gasteiger partial charge in [-0.25, -0.2) is 0 Å². The van der Waals surface area contributed by atoms with Crippen molar-refractivity contribution in [2.75, 3.05) is 6.54 Å². The van der Waals surface area contributed by atoms with E-state index in [1.807, 2.05) is 0 Å². The van der Waals surface area contributed by atoms with Crippen molar-refractivity contribution in [2.45, 2.75) is 78.3 Å². The lowest BCUT2D eigenvalue weighted by molar-refractivity contribution is -0.144. The van der Waals surface area contributed by atoms with Gasteiger partial charge in [-0.2, -0.15) is 0 Å². The highest BCUT2D eigenvalue weighted by atomic mass is 16.2. The van der Waals surface area contributed by atoms with E-state index in [1.54, 1.807) is 0 Å². The summed E-state index contributed by atoms with van der Waals surface area (Å²) >= 11 is 0. The lowest BCUT2D eigenvalue weighted by atomic mass is 9.60. The SMILES string of the molecule is CCCCN(C(=O)C1CCC(N)C(C)C1(C)C)C1CC1. The second-order valence-corrected chi connectivity index (χ2v) is 7.52. The molecule has 3 atom stereocenters. The fourth-order valence-corrected chi connectivity index (χ4v) is 3.68. The van der Waals surface area contributed by atoms with Crippen LogP contribution in [0.15, 0.2) is 0 Å². The Labute approximate surface area is 124 Å². The van der Waals surface area contributed by atoms with Gasteiger partial charge in [-0.3, -0.25) is 4.79 Å². The number of nitrogens with zero attached hydrogens (tertiary/aromatic N) is 1. The van der Waals surface area contributed by atoms with Crippen molar-refractivity contribution >= 4 is 5.91 Å². The number of rotatable bonds is 5. The van der Waals surface area contributed by atoms with E-state index in [2.05, 4.69) is 32.6 Å². The maximum Gasteiger partial charge on any atom is 0.226 e. The Hall–Kier alpha value is -0.570. The van der Waals surface area contributed by atoms with Crippen LogP contribution >= 0.6 is 0 Å². The van der Waals surface area contributed by atoms with E-state index in [-0.39, 0.29) is 17.4 Å². The van der Waals surface area contributed by atoms with Gasteiger partial charge in [-0.15, -0.1) is 0 Å². The molecule has 3 unspecified atom stereocenters. The summed E-state index contributed by atoms with van der Waals surface area (Å²) in [6.07, 6.45) is 6.66. The number of hydrogen-bond donors (Lipinski definition) is 1. The van der Waals surface area contributed by atoms with Crippen LogP contribution < -0.4 is 5.73 Å². The second-order valence-electron chi connectivity index (χ2n) is 7.52. The van der Waals surface area contributed by atoms with E-state index in [4.69, 9.17) is 5.73 Å². The average molecular weight is 280 g/mol. The van der Waals surface area contributed by atoms with E-state index >= 15 is 0 Å². The van der Waals surface area contributed by atoms with Crippen molar-refractivity contribution in [2.24, 2.45) is 23.0 Å². The molecular weight excluding hydrogens is 248 g/mol. The molecule has 0 aromatic rings. The van der Waals surface area contributed by atoms with Crippen molar-refractivity contribution in [1.82, 2.24) is 4.90 Å². The van der Waals surface area contributed by atoms with Gasteiger partial charge >= 0.3 is 0 Å². The Morgan fingerprint density at radius 2 is 1.90 bits per heavy atom. The summed E-state index contributed by atoms with van der Waals surface area (Å²) in [5, 5.41) is 0. The Morgan fingerprint density at radius 1 is 1.25 bits per heavy atom. The summed E-state index contributed by atoms with van der Waals surface area (Å²) in [5.74, 6) is 0.983. The van der Waals surface area contributed by atoms with Crippen LogP contribution in [0.5, 0.6) is 0 Å². The van der Waals surface area contributed by atoms with Crippen LogP contribution in [-0.4, -0.2) is 29.4 Å². The number of hydrogen-bond acceptors (Lipinski definition) is 2. The molecular formula is C17H32N2O. The summed E-state index contributed by atoms with van der Waals surface area (Å²) in [4.78, 5) is 15.2. The fraction of sp³-hybridized carbons (Fsp3) is 0.941. The van der Waals surface area contributed by atoms with E-state index in [0.29, 0.717) is 17.9 Å². The summed E-state index contributed by atoms with van der Waals surface area (Å²) in [7, 11) is 0. The molecule has 116 valence electrons. The smallest absolute Gasteiger partial charge is 0.226 e. The summed E-state index contributed by atoms with van der Waals surface area (Å²) < 4.78 is 0. The van der Waals surface area contributed by atoms with E-state index in [0.717, 1.165) is 32.2 Å². The second kappa shape index (κ2) is 6.05. The number of nitrogens with two attached hydrogens (primary N) is 1. The number of unbranched alkanes of at least 4 members (excludes halogenated alkanes) is 1. The highest BCUT2D eigenvalue weighted by Crippen LogP contribution is 2.46. The highest BCUT2D eigenvalue weighted by Gasteiger charge is 2.47. The highest BCUT2D eigenvalue weighted by molar-refractivity contribution is 5.80. The third-order valence-electron chi connectivity index (χ3n) is 5.82. The first-order chi connectivity index (χ1) is 9.39. The predicted octanol–water partition coefficient (Wildman–Crippen LogP) is 3.18. The van der Waals surface area contributed by atoms with Crippen LogP contribution in [0, 0.1) is 17.3 Å². The lowest BCUT2D eigenvalue weighted by Gasteiger charge is -2.47. The van der Waals surface area contributed by atoms with Gasteiger partial charge in [0.1, 0.15) is 0 Å². The first-order valence-corrected chi connectivity index (χ1v) is 8.45. The minimum atomic E-state index is 0.0219. The third kappa shape index (κ3) is 3.03. The maximum atomic E-state index is 13.0. The molecule has 3 nitrogen and oxygen atoms in total. The molecule has 2 fully saturated rings. The Kier molecular flexibility index (Phi) is 4.78. The molecule has 0 bridgehead atoms. The van der Waals surface area contributed by atoms with Crippen LogP contribution in [0.2, 0.25) is 0 Å². The van der Waals surface area contributed by atoms with Crippen molar-refractivity contribution < 1.29 is 4.79 Å². The Bertz CT molecular complexity index is 349. The van der Waals surface area contributed by atoms with E-state index in [9.17, 15) is 4.79 Å². The van der Waals surface area contributed by atoms with E-state index in [1.165, 1.54) is 12.8 Å². The number of carbonyl (C=O) groups excluding carboxylic acids is 1. The molecule has 2 rings (SSSR count). The summed E-state index contributed by atoms with van der Waals surface area (Å²) in [6.45, 7) is 9.85. The topological polar surface area (TPSA) is 46.3 Å². The van der Waals surface area contributed by atoms with E-state index < -0.39 is 0 Å². The van der Waals surface area contributed by atoms with Gasteiger partial charge in [-0.1, -0.05) is 34.1 Å². The van der Waals surface area contributed by atoms with Gasteiger partial charge in [-0.05, 0) is 43.4 Å². The van der Waals surface area contributed by atoms with Crippen molar-refractivity contribution in [3.63, 3.8) is 0 Å². The standard InChI is InChI=1S/C17H32N2O/c1-5-6-11-19(13-7-8-13)16(20)14-9-10-15(18)12(2)17(14,3)4/h12-15H,5-11,18H2,1-4H3. The van der Waals surface area contributed by atoms with Gasteiger partial charge in [0.25, 0.3) is 0 Å². The molecule has 20 heavy (non-hydrogen) atoms. The molecule has 2 aliphatic rings. The molecule has 2 saturated carbocycles. The third-order valence-corrected chi connectivity index (χ3v) is 5.82. The van der Waals surface area contributed by atoms with Gasteiger partial charge < -0.3 is 10.6 Å². The Morgan fingerprint density at radius 3 is 2.45 bits per heavy atom. The van der Waals surface area contributed by atoms with Gasteiger partial charge in [0, 0.05) is 24.5 Å². The molecule has 0 aromatic carbocycles. The van der Waals surface area contributed by atoms with Gasteiger partial charge in [0.2, 0.25) is 5.91 Å². The average Bonchev–Trinajstić information content (AvgIpc) is 3.21. The maximum absolute atomic E-state index is 13.0. The normalized spacial score (nSPS) is 33.0. The summed E-state index contributed by atoms with van der Waals surface area (Å²) in [5.41, 5.74) is 6.24. The largest absolute Gasteiger partial charge is 0.339 e. The minimum Gasteiger partial charge on any atom is -0.339 e. The molecule has 0 aromatic heterocycles. The number of amides is 1. The first-order valence-electron chi connectivity index (χ1n) is 8.45. The van der Waals surface area contributed by atoms with Crippen LogP contribution in [0.4, 0.5) is 0 Å². The summed E-state index contributed by atoms with van der Waals surface area (Å²) in [6, 6.07) is 0.787. The Balaban J connectivity index is 2.09. The molecule has 2 N–H and O–H groups in total. The van der Waals surface area contributed by atoms with Crippen LogP contribution in [-0.2, 0) is 4.79 Å². The van der Waals surface area contributed by atoms with Gasteiger partial charge in [0.15, 0.2) is 0 Å². The first kappa shape index (κ1) is 15.8. The molecule has 0 aliphatic heterocycles. The van der Waals surface area contributed by atoms with Crippen LogP contribution in [0.1, 0.15) is 66.2 Å². The molecule has 0 saturated heterocycles. The molecule has 0 heterocycles. The molecule has 2 aliphatic carbocycles. The molecule has 0 radical (unpaired) electrons. The van der Waals surface area contributed by atoms with Crippen LogP contribution in [0.25, 0.3) is 0 Å². The lowest BCUT2D eigenvalue weighted by Crippen LogP contribution is -2.52. The van der Waals surface area contributed by atoms with Crippen molar-refractivity contribution in [3.8, 4) is 0 Å². The number of carbonyl (C=O) groups is 1. The minimum absolute atomic E-state index is 0.0219. The van der Waals surface area contributed by atoms with Crippen molar-refractivity contribution in [3.05, 3.63) is 0 Å². The monoisotopic (exact) mass is 280 g/mol. The molecule has 3 heteroatoms. The fourth-order valence-electron chi connectivity index (χ4n) is 3.68. The zero-order chi connectivity index (χ0) is 14.9. The molecule has 0 spiro atoms. The van der Waals surface area contributed by atoms with Crippen molar-refractivity contribution in [1.29, 1.82) is 0 Å². The van der Waals surface area contributed by atoms with Crippen LogP contribution in [0.3, 0.4) is 0 Å². The quantitative estimate of drug-likeness (QED) is 0.840. The molecule has 1 amide bonds.